The molecule has 0 radical (unpaired) electrons. The molecule has 0 aliphatic rings. The van der Waals surface area contributed by atoms with Crippen molar-refractivity contribution in [1.82, 2.24) is 4.57 Å². The average molecular weight is 216 g/mol. The first-order chi connectivity index (χ1) is 7.72. The summed E-state index contributed by atoms with van der Waals surface area (Å²) in [6.45, 7) is 2.95. The van der Waals surface area contributed by atoms with Crippen molar-refractivity contribution < 1.29 is 4.92 Å². The topological polar surface area (TPSA) is 48.1 Å². The summed E-state index contributed by atoms with van der Waals surface area (Å²) in [6, 6.07) is 10.6. The molecule has 0 saturated carbocycles. The van der Waals surface area contributed by atoms with Crippen molar-refractivity contribution in [2.24, 2.45) is 0 Å². The van der Waals surface area contributed by atoms with Crippen molar-refractivity contribution in [3.63, 3.8) is 0 Å². The molecule has 0 N–H and O–H groups in total. The maximum atomic E-state index is 10.5. The molecule has 0 amide bonds. The number of nitro groups is 1. The van der Waals surface area contributed by atoms with Gasteiger partial charge in [0.25, 0.3) is 5.69 Å². The monoisotopic (exact) mass is 216 g/mol. The van der Waals surface area contributed by atoms with Gasteiger partial charge in [-0.3, -0.25) is 10.1 Å². The molecule has 0 aliphatic heterocycles. The number of hydrogen-bond donors (Lipinski definition) is 0. The minimum absolute atomic E-state index is 0.123. The van der Waals surface area contributed by atoms with Crippen molar-refractivity contribution >= 4 is 5.69 Å². The first-order valence-corrected chi connectivity index (χ1v) is 5.12. The Balaban J connectivity index is 2.38. The SMILES string of the molecule is CCn1cccc1-c1ccc([N+](=O)[O-])cc1. The Hall–Kier alpha value is -2.10. The van der Waals surface area contributed by atoms with Crippen molar-refractivity contribution in [3.8, 4) is 11.3 Å². The predicted octanol–water partition coefficient (Wildman–Crippen LogP) is 3.08. The fourth-order valence-electron chi connectivity index (χ4n) is 1.71. The van der Waals surface area contributed by atoms with Gasteiger partial charge in [-0.15, -0.1) is 0 Å². The Kier molecular flexibility index (Phi) is 2.72. The van der Waals surface area contributed by atoms with Crippen molar-refractivity contribution in [3.05, 3.63) is 52.7 Å². The van der Waals surface area contributed by atoms with Gasteiger partial charge in [-0.05, 0) is 36.8 Å². The Morgan fingerprint density at radius 2 is 1.94 bits per heavy atom. The normalized spacial score (nSPS) is 10.3. The first-order valence-electron chi connectivity index (χ1n) is 5.12. The fraction of sp³-hybridized carbons (Fsp3) is 0.167. The molecule has 0 saturated heterocycles. The van der Waals surface area contributed by atoms with E-state index in [2.05, 4.69) is 11.5 Å². The quantitative estimate of drug-likeness (QED) is 0.584. The second-order valence-electron chi connectivity index (χ2n) is 3.48. The number of nitro benzene ring substituents is 1. The third kappa shape index (κ3) is 1.82. The van der Waals surface area contributed by atoms with E-state index < -0.39 is 0 Å². The first kappa shape index (κ1) is 10.4. The van der Waals surface area contributed by atoms with E-state index >= 15 is 0 Å². The van der Waals surface area contributed by atoms with Gasteiger partial charge in [-0.2, -0.15) is 0 Å². The lowest BCUT2D eigenvalue weighted by Crippen LogP contribution is -1.94. The Morgan fingerprint density at radius 1 is 1.25 bits per heavy atom. The standard InChI is InChI=1S/C12H12N2O2/c1-2-13-9-3-4-12(13)10-5-7-11(8-6-10)14(15)16/h3-9H,2H2,1H3. The van der Waals surface area contributed by atoms with Gasteiger partial charge in [-0.25, -0.2) is 0 Å². The largest absolute Gasteiger partial charge is 0.348 e. The molecule has 2 aromatic rings. The number of aryl methyl sites for hydroxylation is 1. The highest BCUT2D eigenvalue weighted by atomic mass is 16.6. The highest BCUT2D eigenvalue weighted by Crippen LogP contribution is 2.22. The molecule has 0 fully saturated rings. The maximum absolute atomic E-state index is 10.5. The van der Waals surface area contributed by atoms with E-state index in [1.165, 1.54) is 12.1 Å². The molecular weight excluding hydrogens is 204 g/mol. The van der Waals surface area contributed by atoms with E-state index in [1.54, 1.807) is 12.1 Å². The van der Waals surface area contributed by atoms with E-state index in [-0.39, 0.29) is 10.6 Å². The number of non-ortho nitro benzene ring substituents is 1. The maximum Gasteiger partial charge on any atom is 0.269 e. The van der Waals surface area contributed by atoms with Crippen LogP contribution in [0.3, 0.4) is 0 Å². The molecule has 1 aromatic carbocycles. The van der Waals surface area contributed by atoms with E-state index in [0.717, 1.165) is 17.8 Å². The molecule has 1 heterocycles. The van der Waals surface area contributed by atoms with Crippen LogP contribution in [-0.2, 0) is 6.54 Å². The van der Waals surface area contributed by atoms with Gasteiger partial charge in [0, 0.05) is 30.6 Å². The number of nitrogens with zero attached hydrogens (tertiary/aromatic N) is 2. The minimum Gasteiger partial charge on any atom is -0.348 e. The molecule has 0 spiro atoms. The average Bonchev–Trinajstić information content (AvgIpc) is 2.77. The summed E-state index contributed by atoms with van der Waals surface area (Å²) in [7, 11) is 0. The van der Waals surface area contributed by atoms with Crippen molar-refractivity contribution in [1.29, 1.82) is 0 Å². The summed E-state index contributed by atoms with van der Waals surface area (Å²) >= 11 is 0. The molecule has 0 atom stereocenters. The van der Waals surface area contributed by atoms with Crippen LogP contribution in [-0.4, -0.2) is 9.49 Å². The van der Waals surface area contributed by atoms with E-state index in [9.17, 15) is 10.1 Å². The minimum atomic E-state index is -0.386. The molecule has 1 aromatic heterocycles. The highest BCUT2D eigenvalue weighted by Gasteiger charge is 2.06. The molecule has 0 bridgehead atoms. The van der Waals surface area contributed by atoms with Gasteiger partial charge in [0.1, 0.15) is 0 Å². The molecule has 2 rings (SSSR count). The van der Waals surface area contributed by atoms with Crippen LogP contribution in [0.15, 0.2) is 42.6 Å². The fourth-order valence-corrected chi connectivity index (χ4v) is 1.71. The zero-order chi connectivity index (χ0) is 11.5. The summed E-state index contributed by atoms with van der Waals surface area (Å²) in [4.78, 5) is 10.1. The van der Waals surface area contributed by atoms with Crippen LogP contribution >= 0.6 is 0 Å². The number of hydrogen-bond acceptors (Lipinski definition) is 2. The lowest BCUT2D eigenvalue weighted by Gasteiger charge is -2.05. The van der Waals surface area contributed by atoms with Crippen LogP contribution < -0.4 is 0 Å². The zero-order valence-electron chi connectivity index (χ0n) is 8.96. The molecule has 0 unspecified atom stereocenters. The Morgan fingerprint density at radius 3 is 2.50 bits per heavy atom. The number of rotatable bonds is 3. The van der Waals surface area contributed by atoms with Crippen LogP contribution in [0.5, 0.6) is 0 Å². The lowest BCUT2D eigenvalue weighted by molar-refractivity contribution is -0.384. The molecule has 16 heavy (non-hydrogen) atoms. The Bertz CT molecular complexity index is 500. The molecule has 4 heteroatoms. The van der Waals surface area contributed by atoms with Gasteiger partial charge in [0.15, 0.2) is 0 Å². The molecular formula is C12H12N2O2. The number of benzene rings is 1. The van der Waals surface area contributed by atoms with E-state index in [0.29, 0.717) is 0 Å². The Labute approximate surface area is 93.3 Å². The molecule has 4 nitrogen and oxygen atoms in total. The second-order valence-corrected chi connectivity index (χ2v) is 3.48. The number of aromatic nitrogens is 1. The summed E-state index contributed by atoms with van der Waals surface area (Å²) in [5.41, 5.74) is 2.20. The third-order valence-corrected chi connectivity index (χ3v) is 2.54. The van der Waals surface area contributed by atoms with Gasteiger partial charge < -0.3 is 4.57 Å². The lowest BCUT2D eigenvalue weighted by atomic mass is 10.1. The summed E-state index contributed by atoms with van der Waals surface area (Å²) in [6.07, 6.45) is 2.00. The van der Waals surface area contributed by atoms with Gasteiger partial charge in [0.2, 0.25) is 0 Å². The predicted molar refractivity (Wildman–Crippen MR) is 62.2 cm³/mol. The summed E-state index contributed by atoms with van der Waals surface area (Å²) in [5.74, 6) is 0. The van der Waals surface area contributed by atoms with Crippen LogP contribution in [0.4, 0.5) is 5.69 Å². The third-order valence-electron chi connectivity index (χ3n) is 2.54. The van der Waals surface area contributed by atoms with Crippen LogP contribution in [0.25, 0.3) is 11.3 Å². The zero-order valence-corrected chi connectivity index (χ0v) is 8.96. The van der Waals surface area contributed by atoms with Gasteiger partial charge >= 0.3 is 0 Å². The van der Waals surface area contributed by atoms with E-state index in [4.69, 9.17) is 0 Å². The van der Waals surface area contributed by atoms with Crippen LogP contribution in [0, 0.1) is 10.1 Å². The van der Waals surface area contributed by atoms with Crippen LogP contribution in [0.2, 0.25) is 0 Å². The highest BCUT2D eigenvalue weighted by molar-refractivity contribution is 5.61. The smallest absolute Gasteiger partial charge is 0.269 e. The molecule has 0 aliphatic carbocycles. The second kappa shape index (κ2) is 4.18. The molecule has 82 valence electrons. The summed E-state index contributed by atoms with van der Waals surface area (Å²) < 4.78 is 2.10. The summed E-state index contributed by atoms with van der Waals surface area (Å²) in [5, 5.41) is 10.5. The van der Waals surface area contributed by atoms with Crippen molar-refractivity contribution in [2.75, 3.05) is 0 Å². The van der Waals surface area contributed by atoms with E-state index in [1.807, 2.05) is 18.3 Å². The van der Waals surface area contributed by atoms with Gasteiger partial charge in [-0.1, -0.05) is 0 Å². The van der Waals surface area contributed by atoms with Crippen LogP contribution in [0.1, 0.15) is 6.92 Å². The van der Waals surface area contributed by atoms with Crippen molar-refractivity contribution in [2.45, 2.75) is 13.5 Å². The van der Waals surface area contributed by atoms with Gasteiger partial charge in [0.05, 0.1) is 4.92 Å².